The Hall–Kier alpha value is -1.92. The SMILES string of the molecule is CCCCC(CC)COC(=O)c1ccccc1C(=O)OCC(CC)CCCC.OCCO. The highest BCUT2D eigenvalue weighted by Crippen LogP contribution is 2.18. The number of esters is 2. The predicted molar refractivity (Wildman–Crippen MR) is 128 cm³/mol. The van der Waals surface area contributed by atoms with Gasteiger partial charge >= 0.3 is 11.9 Å². The maximum Gasteiger partial charge on any atom is 0.339 e. The highest BCUT2D eigenvalue weighted by molar-refractivity contribution is 6.03. The monoisotopic (exact) mass is 452 g/mol. The molecule has 32 heavy (non-hydrogen) atoms. The van der Waals surface area contributed by atoms with Crippen molar-refractivity contribution < 1.29 is 29.3 Å². The van der Waals surface area contributed by atoms with Gasteiger partial charge in [0.25, 0.3) is 0 Å². The first-order chi connectivity index (χ1) is 15.5. The first kappa shape index (κ1) is 30.1. The molecule has 0 spiro atoms. The lowest BCUT2D eigenvalue weighted by molar-refractivity contribution is 0.0381. The average Bonchev–Trinajstić information content (AvgIpc) is 2.84. The summed E-state index contributed by atoms with van der Waals surface area (Å²) in [5.74, 6) is -0.153. The average molecular weight is 453 g/mol. The van der Waals surface area contributed by atoms with Crippen LogP contribution in [0.2, 0.25) is 0 Å². The number of unbranched alkanes of at least 4 members (excludes halogenated alkanes) is 2. The Morgan fingerprint density at radius 3 is 1.41 bits per heavy atom. The van der Waals surface area contributed by atoms with E-state index in [4.69, 9.17) is 19.7 Å². The summed E-state index contributed by atoms with van der Waals surface area (Å²) in [6.45, 7) is 9.09. The van der Waals surface area contributed by atoms with Crippen LogP contribution in [0.25, 0.3) is 0 Å². The Morgan fingerprint density at radius 2 is 1.12 bits per heavy atom. The van der Waals surface area contributed by atoms with Crippen molar-refractivity contribution in [3.63, 3.8) is 0 Å². The van der Waals surface area contributed by atoms with Gasteiger partial charge in [0.15, 0.2) is 0 Å². The van der Waals surface area contributed by atoms with Crippen LogP contribution in [0.1, 0.15) is 99.8 Å². The van der Waals surface area contributed by atoms with Crippen LogP contribution >= 0.6 is 0 Å². The summed E-state index contributed by atoms with van der Waals surface area (Å²) in [6, 6.07) is 6.77. The summed E-state index contributed by atoms with van der Waals surface area (Å²) >= 11 is 0. The molecule has 2 N–H and O–H groups in total. The first-order valence-electron chi connectivity index (χ1n) is 12.1. The van der Waals surface area contributed by atoms with E-state index in [0.717, 1.165) is 51.4 Å². The fourth-order valence-electron chi connectivity index (χ4n) is 3.18. The first-order valence-corrected chi connectivity index (χ1v) is 12.1. The van der Waals surface area contributed by atoms with Gasteiger partial charge in [-0.05, 0) is 36.8 Å². The molecule has 0 fully saturated rings. The van der Waals surface area contributed by atoms with Gasteiger partial charge in [0.1, 0.15) is 0 Å². The minimum absolute atomic E-state index is 0.125. The third-order valence-electron chi connectivity index (χ3n) is 5.45. The number of benzene rings is 1. The van der Waals surface area contributed by atoms with Gasteiger partial charge in [-0.15, -0.1) is 0 Å². The maximum absolute atomic E-state index is 12.6. The quantitative estimate of drug-likeness (QED) is 0.346. The summed E-state index contributed by atoms with van der Waals surface area (Å²) in [5.41, 5.74) is 0.582. The Labute approximate surface area is 194 Å². The third kappa shape index (κ3) is 12.8. The minimum Gasteiger partial charge on any atom is -0.462 e. The molecule has 184 valence electrons. The normalized spacial score (nSPS) is 12.3. The second-order valence-corrected chi connectivity index (χ2v) is 8.02. The molecule has 2 atom stereocenters. The number of hydrogen-bond acceptors (Lipinski definition) is 6. The zero-order valence-corrected chi connectivity index (χ0v) is 20.5. The van der Waals surface area contributed by atoms with E-state index in [0.29, 0.717) is 36.2 Å². The van der Waals surface area contributed by atoms with Crippen molar-refractivity contribution in [3.05, 3.63) is 35.4 Å². The molecular formula is C26H44O6. The number of carbonyl (C=O) groups excluding carboxylic acids is 2. The van der Waals surface area contributed by atoms with Gasteiger partial charge in [-0.3, -0.25) is 0 Å². The Bertz CT molecular complexity index is 563. The lowest BCUT2D eigenvalue weighted by Crippen LogP contribution is -2.19. The molecule has 0 saturated heterocycles. The van der Waals surface area contributed by atoms with Crippen LogP contribution < -0.4 is 0 Å². The van der Waals surface area contributed by atoms with Gasteiger partial charge < -0.3 is 19.7 Å². The molecule has 1 aromatic rings. The van der Waals surface area contributed by atoms with E-state index in [-0.39, 0.29) is 13.2 Å². The molecule has 0 amide bonds. The number of ether oxygens (including phenoxy) is 2. The van der Waals surface area contributed by atoms with Gasteiger partial charge in [0, 0.05) is 0 Å². The molecule has 2 unspecified atom stereocenters. The Kier molecular flexibility index (Phi) is 18.6. The fourth-order valence-corrected chi connectivity index (χ4v) is 3.18. The van der Waals surface area contributed by atoms with E-state index in [1.807, 2.05) is 0 Å². The van der Waals surface area contributed by atoms with E-state index in [2.05, 4.69) is 27.7 Å². The van der Waals surface area contributed by atoms with Crippen molar-refractivity contribution >= 4 is 11.9 Å². The van der Waals surface area contributed by atoms with Crippen molar-refractivity contribution in [3.8, 4) is 0 Å². The molecule has 0 aromatic heterocycles. The van der Waals surface area contributed by atoms with Gasteiger partial charge in [-0.1, -0.05) is 78.4 Å². The highest BCUT2D eigenvalue weighted by atomic mass is 16.5. The molecule has 0 heterocycles. The van der Waals surface area contributed by atoms with Gasteiger partial charge in [0.05, 0.1) is 37.6 Å². The van der Waals surface area contributed by atoms with E-state index in [1.54, 1.807) is 24.3 Å². The summed E-state index contributed by atoms with van der Waals surface area (Å²) in [6.07, 6.45) is 8.61. The molecule has 6 nitrogen and oxygen atoms in total. The second-order valence-electron chi connectivity index (χ2n) is 8.02. The van der Waals surface area contributed by atoms with Gasteiger partial charge in [0.2, 0.25) is 0 Å². The van der Waals surface area contributed by atoms with Crippen LogP contribution in [-0.2, 0) is 9.47 Å². The van der Waals surface area contributed by atoms with Crippen LogP contribution in [0, 0.1) is 11.8 Å². The highest BCUT2D eigenvalue weighted by Gasteiger charge is 2.21. The maximum atomic E-state index is 12.6. The zero-order chi connectivity index (χ0) is 24.2. The van der Waals surface area contributed by atoms with Gasteiger partial charge in [-0.2, -0.15) is 0 Å². The lowest BCUT2D eigenvalue weighted by Gasteiger charge is -2.17. The van der Waals surface area contributed by atoms with E-state index < -0.39 is 11.9 Å². The standard InChI is InChI=1S/C24H38O4.C2H6O2/c1-5-9-13-19(7-3)17-27-23(25)21-15-11-12-16-22(21)24(26)28-18-20(8-4)14-10-6-2;3-1-2-4/h11-12,15-16,19-20H,5-10,13-14,17-18H2,1-4H3;3-4H,1-2H2. The molecule has 1 rings (SSSR count). The van der Waals surface area contributed by atoms with Crippen molar-refractivity contribution in [1.82, 2.24) is 0 Å². The molecule has 0 saturated carbocycles. The van der Waals surface area contributed by atoms with E-state index >= 15 is 0 Å². The molecule has 0 bridgehead atoms. The van der Waals surface area contributed by atoms with Crippen molar-refractivity contribution in [2.24, 2.45) is 11.8 Å². The molecule has 0 aliphatic heterocycles. The van der Waals surface area contributed by atoms with Crippen molar-refractivity contribution in [2.75, 3.05) is 26.4 Å². The van der Waals surface area contributed by atoms with Crippen molar-refractivity contribution in [1.29, 1.82) is 0 Å². The number of aliphatic hydroxyl groups is 2. The van der Waals surface area contributed by atoms with Crippen LogP contribution in [0.4, 0.5) is 0 Å². The zero-order valence-electron chi connectivity index (χ0n) is 20.5. The number of hydrogen-bond donors (Lipinski definition) is 2. The molecule has 1 aromatic carbocycles. The van der Waals surface area contributed by atoms with E-state index in [9.17, 15) is 9.59 Å². The van der Waals surface area contributed by atoms with Crippen LogP contribution in [0.3, 0.4) is 0 Å². The minimum atomic E-state index is -0.444. The second kappa shape index (κ2) is 19.7. The Morgan fingerprint density at radius 1 is 0.750 bits per heavy atom. The largest absolute Gasteiger partial charge is 0.462 e. The Balaban J connectivity index is 0.00000220. The number of rotatable bonds is 15. The summed E-state index contributed by atoms with van der Waals surface area (Å²) in [5, 5.41) is 15.2. The summed E-state index contributed by atoms with van der Waals surface area (Å²) < 4.78 is 11.0. The fraction of sp³-hybridized carbons (Fsp3) is 0.692. The lowest BCUT2D eigenvalue weighted by atomic mass is 10.0. The van der Waals surface area contributed by atoms with Gasteiger partial charge in [-0.25, -0.2) is 9.59 Å². The van der Waals surface area contributed by atoms with Crippen LogP contribution in [0.5, 0.6) is 0 Å². The predicted octanol–water partition coefficient (Wildman–Crippen LogP) is 5.40. The molecule has 0 aliphatic rings. The van der Waals surface area contributed by atoms with E-state index in [1.165, 1.54) is 0 Å². The van der Waals surface area contributed by atoms with Crippen LogP contribution in [0.15, 0.2) is 24.3 Å². The van der Waals surface area contributed by atoms with Crippen molar-refractivity contribution in [2.45, 2.75) is 79.1 Å². The third-order valence-corrected chi connectivity index (χ3v) is 5.45. The topological polar surface area (TPSA) is 93.1 Å². The number of aliphatic hydroxyl groups excluding tert-OH is 2. The summed E-state index contributed by atoms with van der Waals surface area (Å²) in [4.78, 5) is 25.1. The molecule has 6 heteroatoms. The summed E-state index contributed by atoms with van der Waals surface area (Å²) in [7, 11) is 0. The molecular weight excluding hydrogens is 408 g/mol. The smallest absolute Gasteiger partial charge is 0.339 e. The molecule has 0 radical (unpaired) electrons. The van der Waals surface area contributed by atoms with Crippen LogP contribution in [-0.4, -0.2) is 48.6 Å². The molecule has 0 aliphatic carbocycles. The number of carbonyl (C=O) groups is 2.